The number of nitrogens with one attached hydrogen (secondary N) is 2. The van der Waals surface area contributed by atoms with Crippen molar-refractivity contribution in [1.82, 2.24) is 15.6 Å². The van der Waals surface area contributed by atoms with Gasteiger partial charge in [-0.1, -0.05) is 24.3 Å². The summed E-state index contributed by atoms with van der Waals surface area (Å²) in [6.45, 7) is 6.21. The highest BCUT2D eigenvalue weighted by Gasteiger charge is 2.28. The fraction of sp³-hybridized carbons (Fsp3) is 0.318. The van der Waals surface area contributed by atoms with Gasteiger partial charge in [0.15, 0.2) is 0 Å². The first-order valence-electron chi connectivity index (χ1n) is 9.55. The molecule has 158 valence electrons. The second-order valence-electron chi connectivity index (χ2n) is 7.89. The van der Waals surface area contributed by atoms with Crippen LogP contribution < -0.4 is 10.6 Å². The van der Waals surface area contributed by atoms with Gasteiger partial charge in [0.25, 0.3) is 0 Å². The first-order chi connectivity index (χ1) is 14.2. The third kappa shape index (κ3) is 5.25. The number of nitrogens with zero attached hydrogens (tertiary/aromatic N) is 1. The van der Waals surface area contributed by atoms with Gasteiger partial charge in [-0.05, 0) is 60.0 Å². The largest absolute Gasteiger partial charge is 0.478 e. The van der Waals surface area contributed by atoms with Gasteiger partial charge in [0.2, 0.25) is 0 Å². The molecule has 1 atom stereocenters. The van der Waals surface area contributed by atoms with Crippen LogP contribution in [-0.4, -0.2) is 40.8 Å². The summed E-state index contributed by atoms with van der Waals surface area (Å²) in [5.74, 6) is -1.02. The quantitative estimate of drug-likeness (QED) is 0.567. The van der Waals surface area contributed by atoms with Crippen molar-refractivity contribution in [3.05, 3.63) is 63.4 Å². The van der Waals surface area contributed by atoms with Crippen LogP contribution in [0.4, 0.5) is 4.79 Å². The Morgan fingerprint density at radius 2 is 1.97 bits per heavy atom. The molecular weight excluding hydrogens is 450 g/mol. The lowest BCUT2D eigenvalue weighted by molar-refractivity contribution is -0.130. The van der Waals surface area contributed by atoms with Crippen molar-refractivity contribution in [2.45, 2.75) is 32.4 Å². The van der Waals surface area contributed by atoms with Gasteiger partial charge >= 0.3 is 12.1 Å². The van der Waals surface area contributed by atoms with Gasteiger partial charge in [-0.15, -0.1) is 0 Å². The van der Waals surface area contributed by atoms with Crippen LogP contribution in [0.1, 0.15) is 49.2 Å². The van der Waals surface area contributed by atoms with Gasteiger partial charge < -0.3 is 20.5 Å². The maximum Gasteiger partial charge on any atom is 0.407 e. The molecule has 2 aromatic rings. The molecule has 30 heavy (non-hydrogen) atoms. The molecule has 8 heteroatoms. The van der Waals surface area contributed by atoms with Crippen LogP contribution in [0.15, 0.2) is 41.0 Å². The number of amides is 1. The predicted molar refractivity (Wildman–Crippen MR) is 118 cm³/mol. The standard InChI is InChI=1S/C22H24BrN3O4/c1-22(2,3)30-21(29)25-9-8-24-18-15-7-5-4-6-13(15)10-17(20(27)28)16-11-14(23)12-26-19(16)18/h4-7,10-12,18,24H,8-9H2,1-3H3,(H,25,29)(H,27,28). The van der Waals surface area contributed by atoms with Crippen LogP contribution in [0.5, 0.6) is 0 Å². The third-order valence-corrected chi connectivity index (χ3v) is 4.86. The number of halogens is 1. The lowest BCUT2D eigenvalue weighted by Gasteiger charge is -2.22. The summed E-state index contributed by atoms with van der Waals surface area (Å²) in [4.78, 5) is 28.3. The van der Waals surface area contributed by atoms with E-state index in [2.05, 4.69) is 31.5 Å². The number of hydrogen-bond acceptors (Lipinski definition) is 5. The van der Waals surface area contributed by atoms with Crippen LogP contribution in [0.2, 0.25) is 0 Å². The summed E-state index contributed by atoms with van der Waals surface area (Å²) >= 11 is 3.39. The molecule has 1 aromatic heterocycles. The van der Waals surface area contributed by atoms with E-state index in [0.717, 1.165) is 11.1 Å². The van der Waals surface area contributed by atoms with E-state index in [1.807, 2.05) is 24.3 Å². The van der Waals surface area contributed by atoms with E-state index in [9.17, 15) is 14.7 Å². The number of hydrogen-bond donors (Lipinski definition) is 3. The Bertz CT molecular complexity index is 998. The highest BCUT2D eigenvalue weighted by molar-refractivity contribution is 9.10. The smallest absolute Gasteiger partial charge is 0.407 e. The van der Waals surface area contributed by atoms with Crippen molar-refractivity contribution in [2.24, 2.45) is 0 Å². The van der Waals surface area contributed by atoms with E-state index in [1.54, 1.807) is 39.1 Å². The highest BCUT2D eigenvalue weighted by atomic mass is 79.9. The van der Waals surface area contributed by atoms with Gasteiger partial charge in [0.05, 0.1) is 17.3 Å². The number of fused-ring (bicyclic) bond motifs is 2. The second kappa shape index (κ2) is 8.97. The van der Waals surface area contributed by atoms with E-state index in [-0.39, 0.29) is 11.6 Å². The Kier molecular flexibility index (Phi) is 6.58. The number of pyridine rings is 1. The van der Waals surface area contributed by atoms with Crippen molar-refractivity contribution in [1.29, 1.82) is 0 Å². The van der Waals surface area contributed by atoms with Crippen LogP contribution >= 0.6 is 15.9 Å². The maximum absolute atomic E-state index is 12.0. The zero-order valence-electron chi connectivity index (χ0n) is 17.0. The number of carbonyl (C=O) groups is 2. The predicted octanol–water partition coefficient (Wildman–Crippen LogP) is 3.99. The Labute approximate surface area is 183 Å². The molecule has 0 fully saturated rings. The molecule has 1 amide bonds. The summed E-state index contributed by atoms with van der Waals surface area (Å²) in [5, 5.41) is 15.9. The molecule has 0 saturated carbocycles. The molecular formula is C22H24BrN3O4. The number of aromatic nitrogens is 1. The number of carbonyl (C=O) groups excluding carboxylic acids is 1. The fourth-order valence-corrected chi connectivity index (χ4v) is 3.59. The number of benzene rings is 1. The molecule has 1 aliphatic rings. The minimum atomic E-state index is -1.02. The number of aliphatic carboxylic acids is 1. The summed E-state index contributed by atoms with van der Waals surface area (Å²) in [7, 11) is 0. The maximum atomic E-state index is 12.0. The van der Waals surface area contributed by atoms with Gasteiger partial charge in [0.1, 0.15) is 5.60 Å². The lowest BCUT2D eigenvalue weighted by Crippen LogP contribution is -2.37. The van der Waals surface area contributed by atoms with Crippen molar-refractivity contribution >= 4 is 39.6 Å². The topological polar surface area (TPSA) is 101 Å². The Balaban J connectivity index is 1.86. The van der Waals surface area contributed by atoms with E-state index in [0.29, 0.717) is 28.8 Å². The van der Waals surface area contributed by atoms with E-state index >= 15 is 0 Å². The van der Waals surface area contributed by atoms with E-state index in [4.69, 9.17) is 4.74 Å². The van der Waals surface area contributed by atoms with Crippen LogP contribution in [0, 0.1) is 0 Å². The minimum absolute atomic E-state index is 0.183. The first kappa shape index (κ1) is 22.0. The molecule has 1 heterocycles. The van der Waals surface area contributed by atoms with Gasteiger partial charge in [-0.3, -0.25) is 4.98 Å². The highest BCUT2D eigenvalue weighted by Crippen LogP contribution is 2.36. The average molecular weight is 474 g/mol. The van der Waals surface area contributed by atoms with Crippen molar-refractivity contribution in [2.75, 3.05) is 13.1 Å². The number of carboxylic acids is 1. The summed E-state index contributed by atoms with van der Waals surface area (Å²) in [5.41, 5.74) is 2.51. The van der Waals surface area contributed by atoms with E-state index in [1.165, 1.54) is 0 Å². The zero-order valence-corrected chi connectivity index (χ0v) is 18.6. The zero-order chi connectivity index (χ0) is 21.9. The minimum Gasteiger partial charge on any atom is -0.478 e. The van der Waals surface area contributed by atoms with Gasteiger partial charge in [-0.25, -0.2) is 9.59 Å². The average Bonchev–Trinajstić information content (AvgIpc) is 2.78. The molecule has 3 rings (SSSR count). The summed E-state index contributed by atoms with van der Waals surface area (Å²) in [6, 6.07) is 9.04. The third-order valence-electron chi connectivity index (χ3n) is 4.43. The summed E-state index contributed by atoms with van der Waals surface area (Å²) in [6.07, 6.45) is 2.84. The van der Waals surface area contributed by atoms with Crippen LogP contribution in [0.3, 0.4) is 0 Å². The lowest BCUT2D eigenvalue weighted by atomic mass is 9.97. The van der Waals surface area contributed by atoms with Gasteiger partial charge in [0, 0.05) is 29.3 Å². The van der Waals surface area contributed by atoms with Crippen molar-refractivity contribution < 1.29 is 19.4 Å². The van der Waals surface area contributed by atoms with E-state index < -0.39 is 17.7 Å². The summed E-state index contributed by atoms with van der Waals surface area (Å²) < 4.78 is 5.95. The van der Waals surface area contributed by atoms with Gasteiger partial charge in [-0.2, -0.15) is 0 Å². The monoisotopic (exact) mass is 473 g/mol. The SMILES string of the molecule is CC(C)(C)OC(=O)NCCNC1c2ccccc2C=C(C(=O)O)c2cc(Br)cnc21. The number of ether oxygens (including phenoxy) is 1. The fourth-order valence-electron chi connectivity index (χ4n) is 3.26. The van der Waals surface area contributed by atoms with Crippen molar-refractivity contribution in [3.63, 3.8) is 0 Å². The Morgan fingerprint density at radius 3 is 2.67 bits per heavy atom. The molecule has 1 aromatic carbocycles. The Hall–Kier alpha value is -2.71. The molecule has 3 N–H and O–H groups in total. The molecule has 0 spiro atoms. The van der Waals surface area contributed by atoms with Crippen LogP contribution in [-0.2, 0) is 9.53 Å². The number of carboxylic acid groups (broad SMARTS) is 1. The number of alkyl carbamates (subject to hydrolysis) is 1. The van der Waals surface area contributed by atoms with Crippen molar-refractivity contribution in [3.8, 4) is 0 Å². The Morgan fingerprint density at radius 1 is 1.23 bits per heavy atom. The molecule has 7 nitrogen and oxygen atoms in total. The second-order valence-corrected chi connectivity index (χ2v) is 8.81. The molecule has 0 bridgehead atoms. The molecule has 1 unspecified atom stereocenters. The van der Waals surface area contributed by atoms with Crippen LogP contribution in [0.25, 0.3) is 11.6 Å². The molecule has 0 saturated heterocycles. The number of rotatable bonds is 5. The molecule has 1 aliphatic carbocycles. The normalized spacial score (nSPS) is 15.3. The molecule has 0 aliphatic heterocycles. The first-order valence-corrected chi connectivity index (χ1v) is 10.3. The molecule has 0 radical (unpaired) electrons.